The van der Waals surface area contributed by atoms with E-state index in [1.807, 2.05) is 63.7 Å². The van der Waals surface area contributed by atoms with E-state index in [9.17, 15) is 4.79 Å². The van der Waals surface area contributed by atoms with Crippen molar-refractivity contribution in [3.05, 3.63) is 70.9 Å². The Labute approximate surface area is 151 Å². The second-order valence-corrected chi connectivity index (χ2v) is 6.93. The zero-order valence-corrected chi connectivity index (χ0v) is 14.7. The summed E-state index contributed by atoms with van der Waals surface area (Å²) in [5.74, 6) is 1.20. The fraction of sp³-hybridized carbons (Fsp3) is 0.111. The van der Waals surface area contributed by atoms with E-state index < -0.39 is 0 Å². The minimum Gasteiger partial charge on any atom is -0.307 e. The third-order valence-electron chi connectivity index (χ3n) is 4.36. The van der Waals surface area contributed by atoms with Gasteiger partial charge < -0.3 is 4.40 Å². The quantitative estimate of drug-likeness (QED) is 0.461. The van der Waals surface area contributed by atoms with E-state index in [0.29, 0.717) is 16.9 Å². The van der Waals surface area contributed by atoms with Crippen molar-refractivity contribution < 1.29 is 0 Å². The lowest BCUT2D eigenvalue weighted by molar-refractivity contribution is 0.853. The van der Waals surface area contributed by atoms with Crippen LogP contribution in [0.3, 0.4) is 0 Å². The van der Waals surface area contributed by atoms with Gasteiger partial charge in [0.1, 0.15) is 5.65 Å². The van der Waals surface area contributed by atoms with E-state index in [0.717, 1.165) is 22.0 Å². The molecule has 1 aromatic carbocycles. The highest BCUT2D eigenvalue weighted by Crippen LogP contribution is 2.24. The molecule has 7 nitrogen and oxygen atoms in total. The Bertz CT molecular complexity index is 1300. The minimum atomic E-state index is -0.0719. The smallest absolute Gasteiger partial charge is 0.262 e. The molecule has 0 aliphatic rings. The molecule has 0 aliphatic carbocycles. The molecule has 0 radical (unpaired) electrons. The predicted octanol–water partition coefficient (Wildman–Crippen LogP) is 2.52. The number of hydrogen-bond donors (Lipinski definition) is 0. The largest absolute Gasteiger partial charge is 0.307 e. The number of aromatic nitrogens is 6. The number of pyridine rings is 1. The van der Waals surface area contributed by atoms with Crippen molar-refractivity contribution >= 4 is 34.1 Å². The summed E-state index contributed by atoms with van der Waals surface area (Å²) in [5, 5.41) is 9.90. The summed E-state index contributed by atoms with van der Waals surface area (Å²) in [6, 6.07) is 13.4. The van der Waals surface area contributed by atoms with Crippen molar-refractivity contribution in [2.75, 3.05) is 0 Å². The van der Waals surface area contributed by atoms with Crippen molar-refractivity contribution in [1.29, 1.82) is 0 Å². The second-order valence-electron chi connectivity index (χ2n) is 5.99. The normalized spacial score (nSPS) is 11.7. The lowest BCUT2D eigenvalue weighted by atomic mass is 10.2. The molecule has 4 heterocycles. The molecule has 128 valence electrons. The molecule has 0 unspecified atom stereocenters. The first-order chi connectivity index (χ1) is 12.7. The molecule has 0 saturated heterocycles. The summed E-state index contributed by atoms with van der Waals surface area (Å²) < 4.78 is 5.46. The average molecular weight is 362 g/mol. The van der Waals surface area contributed by atoms with Gasteiger partial charge in [0.25, 0.3) is 5.56 Å². The van der Waals surface area contributed by atoms with Crippen LogP contribution in [0.2, 0.25) is 0 Å². The van der Waals surface area contributed by atoms with Crippen LogP contribution < -0.4 is 5.56 Å². The predicted molar refractivity (Wildman–Crippen MR) is 100 cm³/mol. The molecule has 0 bridgehead atoms. The van der Waals surface area contributed by atoms with E-state index >= 15 is 0 Å². The lowest BCUT2D eigenvalue weighted by Crippen LogP contribution is -2.20. The van der Waals surface area contributed by atoms with Gasteiger partial charge in [0.05, 0.1) is 16.6 Å². The van der Waals surface area contributed by atoms with Gasteiger partial charge in [-0.3, -0.25) is 13.8 Å². The first-order valence-electron chi connectivity index (χ1n) is 8.10. The van der Waals surface area contributed by atoms with Gasteiger partial charge in [-0.05, 0) is 24.3 Å². The topological polar surface area (TPSA) is 69.5 Å². The number of nitrogens with zero attached hydrogens (tertiary/aromatic N) is 6. The van der Waals surface area contributed by atoms with Gasteiger partial charge in [0, 0.05) is 25.2 Å². The van der Waals surface area contributed by atoms with Crippen molar-refractivity contribution in [3.8, 4) is 0 Å². The van der Waals surface area contributed by atoms with E-state index in [1.165, 1.54) is 4.57 Å². The Morgan fingerprint density at radius 1 is 1.08 bits per heavy atom. The molecule has 0 N–H and O–H groups in total. The molecule has 5 aromatic rings. The summed E-state index contributed by atoms with van der Waals surface area (Å²) in [7, 11) is 1.72. The van der Waals surface area contributed by atoms with Crippen LogP contribution in [0, 0.1) is 0 Å². The maximum absolute atomic E-state index is 12.5. The molecular formula is C18H14N6OS. The summed E-state index contributed by atoms with van der Waals surface area (Å²) >= 11 is 1.55. The van der Waals surface area contributed by atoms with Crippen LogP contribution in [0.25, 0.3) is 22.3 Å². The average Bonchev–Trinajstić information content (AvgIpc) is 3.28. The number of thioether (sulfide) groups is 1. The Morgan fingerprint density at radius 2 is 1.92 bits per heavy atom. The van der Waals surface area contributed by atoms with Crippen LogP contribution >= 0.6 is 11.8 Å². The maximum atomic E-state index is 12.5. The summed E-state index contributed by atoms with van der Waals surface area (Å²) in [6.07, 6.45) is 3.99. The second kappa shape index (κ2) is 5.70. The Balaban J connectivity index is 1.60. The minimum absolute atomic E-state index is 0.0719. The van der Waals surface area contributed by atoms with Crippen LogP contribution in [0.15, 0.2) is 64.8 Å². The van der Waals surface area contributed by atoms with E-state index in [2.05, 4.69) is 15.2 Å². The van der Waals surface area contributed by atoms with E-state index in [1.54, 1.807) is 18.8 Å². The van der Waals surface area contributed by atoms with Crippen molar-refractivity contribution in [2.24, 2.45) is 7.05 Å². The molecule has 8 heteroatoms. The summed E-state index contributed by atoms with van der Waals surface area (Å²) in [5.41, 5.74) is 2.62. The zero-order chi connectivity index (χ0) is 17.7. The highest BCUT2D eigenvalue weighted by molar-refractivity contribution is 7.98. The number of aryl methyl sites for hydroxylation is 1. The van der Waals surface area contributed by atoms with Gasteiger partial charge >= 0.3 is 0 Å². The van der Waals surface area contributed by atoms with Gasteiger partial charge in [-0.2, -0.15) is 0 Å². The first kappa shape index (κ1) is 15.2. The molecule has 0 aliphatic heterocycles. The van der Waals surface area contributed by atoms with Gasteiger partial charge in [0.15, 0.2) is 5.16 Å². The standard InChI is InChI=1S/C18H14N6OS/c1-22-16(25)13-6-2-3-7-14(13)24-17(22)20-21-18(24)26-11-12-10-23-9-5-4-8-15(23)19-12/h2-10H,11H2,1H3. The number of hydrogen-bond acceptors (Lipinski definition) is 5. The molecule has 0 saturated carbocycles. The van der Waals surface area contributed by atoms with Gasteiger partial charge in [-0.25, -0.2) is 4.98 Å². The lowest BCUT2D eigenvalue weighted by Gasteiger charge is -2.07. The number of imidazole rings is 1. The number of rotatable bonds is 3. The van der Waals surface area contributed by atoms with Crippen LogP contribution in [-0.2, 0) is 12.8 Å². The number of para-hydroxylation sites is 1. The van der Waals surface area contributed by atoms with Crippen molar-refractivity contribution in [3.63, 3.8) is 0 Å². The highest BCUT2D eigenvalue weighted by atomic mass is 32.2. The molecule has 26 heavy (non-hydrogen) atoms. The van der Waals surface area contributed by atoms with Crippen molar-refractivity contribution in [1.82, 2.24) is 28.5 Å². The molecule has 0 fully saturated rings. The van der Waals surface area contributed by atoms with Crippen LogP contribution in [-0.4, -0.2) is 28.5 Å². The molecular weight excluding hydrogens is 348 g/mol. The Kier molecular flexibility index (Phi) is 3.32. The van der Waals surface area contributed by atoms with E-state index in [-0.39, 0.29) is 5.56 Å². The molecule has 0 atom stereocenters. The van der Waals surface area contributed by atoms with Gasteiger partial charge in [-0.1, -0.05) is 30.0 Å². The molecule has 0 amide bonds. The van der Waals surface area contributed by atoms with Crippen LogP contribution in [0.5, 0.6) is 0 Å². The molecule has 5 rings (SSSR count). The fourth-order valence-electron chi connectivity index (χ4n) is 3.10. The number of fused-ring (bicyclic) bond motifs is 4. The van der Waals surface area contributed by atoms with Crippen molar-refractivity contribution in [2.45, 2.75) is 10.9 Å². The Morgan fingerprint density at radius 3 is 2.81 bits per heavy atom. The van der Waals surface area contributed by atoms with Gasteiger partial charge in [-0.15, -0.1) is 10.2 Å². The van der Waals surface area contributed by atoms with E-state index in [4.69, 9.17) is 0 Å². The van der Waals surface area contributed by atoms with Crippen LogP contribution in [0.1, 0.15) is 5.69 Å². The third kappa shape index (κ3) is 2.22. The zero-order valence-electron chi connectivity index (χ0n) is 13.9. The van der Waals surface area contributed by atoms with Gasteiger partial charge in [0.2, 0.25) is 5.78 Å². The fourth-order valence-corrected chi connectivity index (χ4v) is 3.92. The first-order valence-corrected chi connectivity index (χ1v) is 9.09. The third-order valence-corrected chi connectivity index (χ3v) is 5.32. The summed E-state index contributed by atoms with van der Waals surface area (Å²) in [6.45, 7) is 0. The van der Waals surface area contributed by atoms with Crippen LogP contribution in [0.4, 0.5) is 0 Å². The number of benzene rings is 1. The maximum Gasteiger partial charge on any atom is 0.262 e. The highest BCUT2D eigenvalue weighted by Gasteiger charge is 2.15. The molecule has 4 aromatic heterocycles. The monoisotopic (exact) mass is 362 g/mol. The molecule has 0 spiro atoms. The Hall–Kier alpha value is -3.13. The summed E-state index contributed by atoms with van der Waals surface area (Å²) in [4.78, 5) is 17.1. The SMILES string of the molecule is Cn1c(=O)c2ccccc2n2c(SCc3cn4ccccc4n3)nnc12.